The first kappa shape index (κ1) is 28.5. The minimum absolute atomic E-state index is 0.236. The summed E-state index contributed by atoms with van der Waals surface area (Å²) in [6.45, 7) is 6.41. The highest BCUT2D eigenvalue weighted by atomic mass is 16.4. The lowest BCUT2D eigenvalue weighted by molar-refractivity contribution is -0.199. The van der Waals surface area contributed by atoms with Crippen LogP contribution in [0.25, 0.3) is 0 Å². The lowest BCUT2D eigenvalue weighted by atomic mass is 9.74. The lowest BCUT2D eigenvalue weighted by Crippen LogP contribution is -2.67. The van der Waals surface area contributed by atoms with Crippen molar-refractivity contribution in [2.45, 2.75) is 109 Å². The van der Waals surface area contributed by atoms with Gasteiger partial charge in [0.15, 0.2) is 23.1 Å². The van der Waals surface area contributed by atoms with Crippen LogP contribution in [0.3, 0.4) is 0 Å². The third-order valence-corrected chi connectivity index (χ3v) is 5.11. The van der Waals surface area contributed by atoms with Crippen LogP contribution in [-0.2, 0) is 19.2 Å². The largest absolute Gasteiger partial charge is 0.387 e. The molecule has 9 nitrogen and oxygen atoms in total. The Morgan fingerprint density at radius 3 is 0.933 bits per heavy atom. The standard InChI is InChI=1S/C21H36O9/c1-5-9-13(22)20(29,14(23)10-6-2)18(27)17(26)19(28)21(30,15(24)11-7-3)16(25)12-8-4/h17-19,26-30H,5-12H2,1-4H3/t17?,18-,19+. The molecule has 9 heteroatoms. The summed E-state index contributed by atoms with van der Waals surface area (Å²) in [5, 5.41) is 53.2. The third-order valence-electron chi connectivity index (χ3n) is 5.11. The van der Waals surface area contributed by atoms with Gasteiger partial charge in [-0.05, 0) is 25.7 Å². The van der Waals surface area contributed by atoms with Gasteiger partial charge < -0.3 is 25.5 Å². The fourth-order valence-electron chi connectivity index (χ4n) is 3.31. The number of ketones is 4. The molecule has 0 saturated carbocycles. The zero-order chi connectivity index (χ0) is 23.7. The summed E-state index contributed by atoms with van der Waals surface area (Å²) in [4.78, 5) is 49.8. The maximum Gasteiger partial charge on any atom is 0.209 e. The molecule has 0 fully saturated rings. The van der Waals surface area contributed by atoms with E-state index in [0.717, 1.165) is 0 Å². The van der Waals surface area contributed by atoms with Crippen molar-refractivity contribution in [1.82, 2.24) is 0 Å². The Labute approximate surface area is 177 Å². The molecular formula is C21H36O9. The summed E-state index contributed by atoms with van der Waals surface area (Å²) < 4.78 is 0. The van der Waals surface area contributed by atoms with Crippen molar-refractivity contribution in [2.75, 3.05) is 0 Å². The normalized spacial score (nSPS) is 15.4. The van der Waals surface area contributed by atoms with Crippen LogP contribution in [0.5, 0.6) is 0 Å². The van der Waals surface area contributed by atoms with Crippen molar-refractivity contribution in [2.24, 2.45) is 0 Å². The van der Waals surface area contributed by atoms with Crippen molar-refractivity contribution in [3.05, 3.63) is 0 Å². The van der Waals surface area contributed by atoms with Gasteiger partial charge in [0.25, 0.3) is 0 Å². The summed E-state index contributed by atoms with van der Waals surface area (Å²) in [5.41, 5.74) is -6.09. The van der Waals surface area contributed by atoms with Crippen LogP contribution in [0.4, 0.5) is 0 Å². The topological polar surface area (TPSA) is 169 Å². The van der Waals surface area contributed by atoms with E-state index in [1.54, 1.807) is 27.7 Å². The first-order valence-electron chi connectivity index (χ1n) is 10.5. The molecule has 0 saturated heterocycles. The molecule has 0 spiro atoms. The molecule has 0 rings (SSSR count). The first-order chi connectivity index (χ1) is 13.9. The molecule has 0 bridgehead atoms. The Balaban J connectivity index is 6.21. The molecule has 0 aromatic heterocycles. The zero-order valence-corrected chi connectivity index (χ0v) is 18.3. The molecule has 3 atom stereocenters. The number of carbonyl (C=O) groups is 4. The van der Waals surface area contributed by atoms with Crippen LogP contribution in [-0.4, -0.2) is 78.2 Å². The van der Waals surface area contributed by atoms with E-state index < -0.39 is 52.6 Å². The summed E-state index contributed by atoms with van der Waals surface area (Å²) in [6.07, 6.45) is -7.86. The molecule has 5 N–H and O–H groups in total. The van der Waals surface area contributed by atoms with Gasteiger partial charge in [0, 0.05) is 25.7 Å². The number of hydrogen-bond donors (Lipinski definition) is 5. The van der Waals surface area contributed by atoms with Gasteiger partial charge in [-0.15, -0.1) is 0 Å². The van der Waals surface area contributed by atoms with E-state index in [1.165, 1.54) is 0 Å². The van der Waals surface area contributed by atoms with E-state index in [1.807, 2.05) is 0 Å². The fraction of sp³-hybridized carbons (Fsp3) is 0.810. The maximum absolute atomic E-state index is 12.5. The van der Waals surface area contributed by atoms with Gasteiger partial charge in [0.2, 0.25) is 11.2 Å². The lowest BCUT2D eigenvalue weighted by Gasteiger charge is -2.39. The van der Waals surface area contributed by atoms with Crippen LogP contribution in [0.15, 0.2) is 0 Å². The van der Waals surface area contributed by atoms with E-state index in [4.69, 9.17) is 0 Å². The quantitative estimate of drug-likeness (QED) is 0.211. The van der Waals surface area contributed by atoms with E-state index in [9.17, 15) is 44.7 Å². The molecule has 0 aliphatic rings. The number of hydrogen-bond acceptors (Lipinski definition) is 9. The smallest absolute Gasteiger partial charge is 0.209 e. The van der Waals surface area contributed by atoms with Gasteiger partial charge >= 0.3 is 0 Å². The van der Waals surface area contributed by atoms with E-state index in [0.29, 0.717) is 0 Å². The van der Waals surface area contributed by atoms with Crippen molar-refractivity contribution in [3.8, 4) is 0 Å². The fourth-order valence-corrected chi connectivity index (χ4v) is 3.31. The van der Waals surface area contributed by atoms with Gasteiger partial charge in [0.05, 0.1) is 0 Å². The highest BCUT2D eigenvalue weighted by molar-refractivity contribution is 6.12. The number of carbonyl (C=O) groups excluding carboxylic acids is 4. The highest BCUT2D eigenvalue weighted by Gasteiger charge is 2.58. The molecule has 0 aromatic rings. The Kier molecular flexibility index (Phi) is 11.7. The monoisotopic (exact) mass is 432 g/mol. The maximum atomic E-state index is 12.5. The van der Waals surface area contributed by atoms with Gasteiger partial charge in [-0.2, -0.15) is 0 Å². The number of aliphatic hydroxyl groups excluding tert-OH is 3. The molecule has 0 heterocycles. The number of rotatable bonds is 16. The second-order valence-electron chi connectivity index (χ2n) is 7.61. The van der Waals surface area contributed by atoms with Crippen molar-refractivity contribution >= 4 is 23.1 Å². The molecule has 0 aromatic carbocycles. The van der Waals surface area contributed by atoms with E-state index in [2.05, 4.69) is 0 Å². The van der Waals surface area contributed by atoms with E-state index >= 15 is 0 Å². The summed E-state index contributed by atoms with van der Waals surface area (Å²) in [5.74, 6) is -4.26. The number of aliphatic hydroxyl groups is 5. The summed E-state index contributed by atoms with van der Waals surface area (Å²) in [6, 6.07) is 0. The van der Waals surface area contributed by atoms with Gasteiger partial charge in [-0.25, -0.2) is 0 Å². The van der Waals surface area contributed by atoms with Gasteiger partial charge in [-0.1, -0.05) is 27.7 Å². The van der Waals surface area contributed by atoms with Crippen LogP contribution in [0, 0.1) is 0 Å². The van der Waals surface area contributed by atoms with E-state index in [-0.39, 0.29) is 51.4 Å². The average Bonchev–Trinajstić information content (AvgIpc) is 2.71. The van der Waals surface area contributed by atoms with Crippen LogP contribution in [0.2, 0.25) is 0 Å². The van der Waals surface area contributed by atoms with Crippen molar-refractivity contribution in [1.29, 1.82) is 0 Å². The zero-order valence-electron chi connectivity index (χ0n) is 18.3. The van der Waals surface area contributed by atoms with Gasteiger partial charge in [0.1, 0.15) is 18.3 Å². The molecule has 0 aliphatic heterocycles. The first-order valence-corrected chi connectivity index (χ1v) is 10.5. The Hall–Kier alpha value is -1.52. The predicted octanol–water partition coefficient (Wildman–Crippen LogP) is 0.00810. The second-order valence-corrected chi connectivity index (χ2v) is 7.61. The molecule has 0 aliphatic carbocycles. The van der Waals surface area contributed by atoms with Crippen molar-refractivity contribution < 1.29 is 44.7 Å². The van der Waals surface area contributed by atoms with Crippen LogP contribution < -0.4 is 0 Å². The highest BCUT2D eigenvalue weighted by Crippen LogP contribution is 2.29. The summed E-state index contributed by atoms with van der Waals surface area (Å²) in [7, 11) is 0. The Bertz CT molecular complexity index is 526. The number of Topliss-reactive ketones (excluding diaryl/α,β-unsaturated/α-hetero) is 4. The molecule has 0 radical (unpaired) electrons. The average molecular weight is 433 g/mol. The Morgan fingerprint density at radius 2 is 0.767 bits per heavy atom. The van der Waals surface area contributed by atoms with Gasteiger partial charge in [-0.3, -0.25) is 19.2 Å². The molecule has 1 unspecified atom stereocenters. The van der Waals surface area contributed by atoms with Crippen molar-refractivity contribution in [3.63, 3.8) is 0 Å². The summed E-state index contributed by atoms with van der Waals surface area (Å²) >= 11 is 0. The molecule has 174 valence electrons. The molecule has 30 heavy (non-hydrogen) atoms. The molecular weight excluding hydrogens is 396 g/mol. The second kappa shape index (κ2) is 12.4. The Morgan fingerprint density at radius 1 is 0.567 bits per heavy atom. The third kappa shape index (κ3) is 5.79. The predicted molar refractivity (Wildman–Crippen MR) is 108 cm³/mol. The van der Waals surface area contributed by atoms with Crippen LogP contribution >= 0.6 is 0 Å². The minimum atomic E-state index is -3.05. The minimum Gasteiger partial charge on any atom is -0.387 e. The molecule has 0 amide bonds. The SMILES string of the molecule is CCCC(=O)C(O)(C(=O)CCC)[C@H](O)C(O)[C@H](O)C(O)(C(=O)CCC)C(=O)CCC. The van der Waals surface area contributed by atoms with Crippen LogP contribution in [0.1, 0.15) is 79.1 Å².